The second kappa shape index (κ2) is 8.68. The summed E-state index contributed by atoms with van der Waals surface area (Å²) in [5.74, 6) is -0.258. The van der Waals surface area contributed by atoms with Crippen molar-refractivity contribution in [2.45, 2.75) is 6.92 Å². The first-order valence-corrected chi connectivity index (χ1v) is 8.41. The average molecular weight is 378 g/mol. The molecule has 0 fully saturated rings. The van der Waals surface area contributed by atoms with E-state index in [2.05, 4.69) is 10.5 Å². The highest BCUT2D eigenvalue weighted by Gasteiger charge is 2.15. The molecule has 0 unspecified atom stereocenters. The first kappa shape index (κ1) is 18.9. The van der Waals surface area contributed by atoms with Gasteiger partial charge in [-0.3, -0.25) is 4.79 Å². The van der Waals surface area contributed by atoms with Crippen molar-refractivity contribution in [3.63, 3.8) is 0 Å². The molecule has 1 amide bonds. The summed E-state index contributed by atoms with van der Waals surface area (Å²) in [6, 6.07) is 15.2. The fraction of sp³-hybridized carbons (Fsp3) is 0.0952. The minimum Gasteiger partial charge on any atom is -0.493 e. The molecule has 0 aliphatic heterocycles. The van der Waals surface area contributed by atoms with Crippen LogP contribution in [-0.4, -0.2) is 25.2 Å². The van der Waals surface area contributed by atoms with Crippen LogP contribution in [0.5, 0.6) is 11.5 Å². The summed E-state index contributed by atoms with van der Waals surface area (Å²) in [6.07, 6.45) is 2.86. The van der Waals surface area contributed by atoms with Crippen LogP contribution < -0.4 is 14.9 Å². The van der Waals surface area contributed by atoms with Gasteiger partial charge < -0.3 is 13.9 Å². The van der Waals surface area contributed by atoms with Crippen molar-refractivity contribution in [1.29, 1.82) is 0 Å². The summed E-state index contributed by atoms with van der Waals surface area (Å²) >= 11 is 0. The number of ether oxygens (including phenoxy) is 2. The zero-order valence-electron chi connectivity index (χ0n) is 15.3. The molecule has 0 aliphatic rings. The normalized spacial score (nSPS) is 10.6. The largest absolute Gasteiger partial charge is 0.493 e. The standard InChI is InChI=1S/C21H18N2O5/c1-14-6-3-4-7-16(14)20(24)23-22-13-15-9-10-17(19(12-15)26-2)28-21(25)18-8-5-11-27-18/h3-13H,1-2H3,(H,23,24)/b22-13-. The van der Waals surface area contributed by atoms with E-state index in [9.17, 15) is 9.59 Å². The smallest absolute Gasteiger partial charge is 0.379 e. The van der Waals surface area contributed by atoms with Gasteiger partial charge in [-0.1, -0.05) is 18.2 Å². The number of hydrazone groups is 1. The van der Waals surface area contributed by atoms with Crippen molar-refractivity contribution in [3.8, 4) is 11.5 Å². The van der Waals surface area contributed by atoms with E-state index in [1.165, 1.54) is 25.7 Å². The Morgan fingerprint density at radius 1 is 1.07 bits per heavy atom. The molecule has 3 aromatic rings. The van der Waals surface area contributed by atoms with Crippen molar-refractivity contribution < 1.29 is 23.5 Å². The van der Waals surface area contributed by atoms with Gasteiger partial charge in [-0.2, -0.15) is 5.10 Å². The van der Waals surface area contributed by atoms with E-state index in [1.54, 1.807) is 36.4 Å². The van der Waals surface area contributed by atoms with Gasteiger partial charge in [0.1, 0.15) is 0 Å². The lowest BCUT2D eigenvalue weighted by atomic mass is 10.1. The van der Waals surface area contributed by atoms with E-state index < -0.39 is 5.97 Å². The van der Waals surface area contributed by atoms with E-state index in [-0.39, 0.29) is 17.4 Å². The maximum absolute atomic E-state index is 12.2. The van der Waals surface area contributed by atoms with E-state index in [0.717, 1.165) is 5.56 Å². The quantitative estimate of drug-likeness (QED) is 0.306. The number of furan rings is 1. The van der Waals surface area contributed by atoms with Crippen molar-refractivity contribution in [2.75, 3.05) is 7.11 Å². The Kier molecular flexibility index (Phi) is 5.86. The zero-order chi connectivity index (χ0) is 19.9. The summed E-state index contributed by atoms with van der Waals surface area (Å²) in [4.78, 5) is 24.1. The molecular formula is C21H18N2O5. The number of aryl methyl sites for hydroxylation is 1. The molecule has 1 aromatic heterocycles. The molecule has 0 spiro atoms. The minimum atomic E-state index is -0.629. The number of hydrogen-bond donors (Lipinski definition) is 1. The Morgan fingerprint density at radius 3 is 2.61 bits per heavy atom. The number of nitrogens with zero attached hydrogens (tertiary/aromatic N) is 1. The third-order valence-electron chi connectivity index (χ3n) is 3.88. The maximum Gasteiger partial charge on any atom is 0.379 e. The van der Waals surface area contributed by atoms with Gasteiger partial charge in [-0.25, -0.2) is 10.2 Å². The lowest BCUT2D eigenvalue weighted by Gasteiger charge is -2.09. The Hall–Kier alpha value is -3.87. The monoisotopic (exact) mass is 378 g/mol. The third kappa shape index (κ3) is 4.45. The molecule has 1 N–H and O–H groups in total. The van der Waals surface area contributed by atoms with Crippen LogP contribution in [0.15, 0.2) is 70.4 Å². The second-order valence-corrected chi connectivity index (χ2v) is 5.79. The second-order valence-electron chi connectivity index (χ2n) is 5.79. The molecule has 0 bridgehead atoms. The number of rotatable bonds is 6. The SMILES string of the molecule is COc1cc(/C=N\NC(=O)c2ccccc2C)ccc1OC(=O)c1ccco1. The molecule has 7 nitrogen and oxygen atoms in total. The van der Waals surface area contributed by atoms with E-state index in [4.69, 9.17) is 13.9 Å². The first-order chi connectivity index (χ1) is 13.6. The summed E-state index contributed by atoms with van der Waals surface area (Å²) in [5.41, 5.74) is 4.55. The zero-order valence-corrected chi connectivity index (χ0v) is 15.3. The van der Waals surface area contributed by atoms with Gasteiger partial charge in [-0.05, 0) is 54.4 Å². The number of carbonyl (C=O) groups excluding carboxylic acids is 2. The molecule has 0 radical (unpaired) electrons. The Bertz CT molecular complexity index is 1010. The molecule has 2 aromatic carbocycles. The fourth-order valence-corrected chi connectivity index (χ4v) is 2.45. The van der Waals surface area contributed by atoms with Crippen LogP contribution in [0, 0.1) is 6.92 Å². The third-order valence-corrected chi connectivity index (χ3v) is 3.88. The lowest BCUT2D eigenvalue weighted by Crippen LogP contribution is -2.18. The van der Waals surface area contributed by atoms with E-state index in [0.29, 0.717) is 16.9 Å². The topological polar surface area (TPSA) is 90.1 Å². The first-order valence-electron chi connectivity index (χ1n) is 8.41. The van der Waals surface area contributed by atoms with Crippen LogP contribution in [-0.2, 0) is 0 Å². The van der Waals surface area contributed by atoms with Crippen LogP contribution >= 0.6 is 0 Å². The van der Waals surface area contributed by atoms with Crippen LogP contribution in [0.1, 0.15) is 32.0 Å². The molecule has 3 rings (SSSR count). The summed E-state index contributed by atoms with van der Waals surface area (Å²) in [7, 11) is 1.46. The number of amides is 1. The van der Waals surface area contributed by atoms with Crippen molar-refractivity contribution >= 4 is 18.1 Å². The highest BCUT2D eigenvalue weighted by atomic mass is 16.6. The molecule has 7 heteroatoms. The molecular weight excluding hydrogens is 360 g/mol. The van der Waals surface area contributed by atoms with Crippen LogP contribution in [0.25, 0.3) is 0 Å². The summed E-state index contributed by atoms with van der Waals surface area (Å²) in [5, 5.41) is 3.96. The predicted octanol–water partition coefficient (Wildman–Crippen LogP) is 3.58. The van der Waals surface area contributed by atoms with E-state index >= 15 is 0 Å². The molecule has 28 heavy (non-hydrogen) atoms. The lowest BCUT2D eigenvalue weighted by molar-refractivity contribution is 0.0696. The van der Waals surface area contributed by atoms with Gasteiger partial charge in [0.2, 0.25) is 5.76 Å². The van der Waals surface area contributed by atoms with Gasteiger partial charge >= 0.3 is 5.97 Å². The Labute approximate surface area is 161 Å². The van der Waals surface area contributed by atoms with Gasteiger partial charge in [0.15, 0.2) is 11.5 Å². The highest BCUT2D eigenvalue weighted by Crippen LogP contribution is 2.28. The summed E-state index contributed by atoms with van der Waals surface area (Å²) in [6.45, 7) is 1.85. The molecule has 0 aliphatic carbocycles. The number of benzene rings is 2. The predicted molar refractivity (Wildman–Crippen MR) is 103 cm³/mol. The van der Waals surface area contributed by atoms with Gasteiger partial charge in [0.05, 0.1) is 19.6 Å². The highest BCUT2D eigenvalue weighted by molar-refractivity contribution is 5.96. The molecule has 142 valence electrons. The van der Waals surface area contributed by atoms with Gasteiger partial charge in [0.25, 0.3) is 5.91 Å². The van der Waals surface area contributed by atoms with Crippen LogP contribution in [0.4, 0.5) is 0 Å². The fourth-order valence-electron chi connectivity index (χ4n) is 2.45. The molecule has 0 saturated heterocycles. The number of nitrogens with one attached hydrogen (secondary N) is 1. The van der Waals surface area contributed by atoms with Crippen molar-refractivity contribution in [2.24, 2.45) is 5.10 Å². The van der Waals surface area contributed by atoms with Gasteiger partial charge in [-0.15, -0.1) is 0 Å². The Balaban J connectivity index is 1.68. The minimum absolute atomic E-state index is 0.0895. The number of hydrogen-bond acceptors (Lipinski definition) is 6. The molecule has 1 heterocycles. The van der Waals surface area contributed by atoms with Gasteiger partial charge in [0, 0.05) is 5.56 Å². The average Bonchev–Trinajstić information content (AvgIpc) is 3.24. The van der Waals surface area contributed by atoms with Crippen LogP contribution in [0.3, 0.4) is 0 Å². The number of esters is 1. The maximum atomic E-state index is 12.2. The molecule has 0 atom stereocenters. The van der Waals surface area contributed by atoms with Crippen molar-refractivity contribution in [3.05, 3.63) is 83.3 Å². The number of methoxy groups -OCH3 is 1. The summed E-state index contributed by atoms with van der Waals surface area (Å²) < 4.78 is 15.5. The Morgan fingerprint density at radius 2 is 1.89 bits per heavy atom. The number of carbonyl (C=O) groups is 2. The van der Waals surface area contributed by atoms with Crippen molar-refractivity contribution in [1.82, 2.24) is 5.43 Å². The van der Waals surface area contributed by atoms with Crippen LogP contribution in [0.2, 0.25) is 0 Å². The van der Waals surface area contributed by atoms with E-state index in [1.807, 2.05) is 19.1 Å². The molecule has 0 saturated carbocycles.